The van der Waals surface area contributed by atoms with Gasteiger partial charge in [-0.05, 0) is 30.5 Å². The number of rotatable bonds is 7. The molecule has 7 heteroatoms. The van der Waals surface area contributed by atoms with E-state index in [2.05, 4.69) is 32.6 Å². The van der Waals surface area contributed by atoms with Gasteiger partial charge in [-0.2, -0.15) is 0 Å². The van der Waals surface area contributed by atoms with E-state index in [0.29, 0.717) is 23.1 Å². The van der Waals surface area contributed by atoms with Crippen LogP contribution in [0.3, 0.4) is 0 Å². The fraction of sp³-hybridized carbons (Fsp3) is 0.286. The molecule has 1 aliphatic carbocycles. The first-order valence-corrected chi connectivity index (χ1v) is 10.3. The average Bonchev–Trinajstić information content (AvgIpc) is 3.15. The zero-order valence-electron chi connectivity index (χ0n) is 15.3. The maximum absolute atomic E-state index is 13.8. The maximum Gasteiger partial charge on any atom is 0.230 e. The zero-order chi connectivity index (χ0) is 19.4. The molecule has 0 unspecified atom stereocenters. The van der Waals surface area contributed by atoms with E-state index in [9.17, 15) is 9.18 Å². The van der Waals surface area contributed by atoms with Crippen LogP contribution in [0.1, 0.15) is 24.8 Å². The minimum Gasteiger partial charge on any atom is -0.354 e. The van der Waals surface area contributed by atoms with Crippen LogP contribution in [0.4, 0.5) is 4.39 Å². The number of carbonyl (C=O) groups is 1. The fourth-order valence-corrected chi connectivity index (χ4v) is 4.12. The van der Waals surface area contributed by atoms with Crippen LogP contribution in [0.15, 0.2) is 59.8 Å². The van der Waals surface area contributed by atoms with Crippen molar-refractivity contribution in [3.63, 3.8) is 0 Å². The summed E-state index contributed by atoms with van der Waals surface area (Å²) < 4.78 is 13.8. The van der Waals surface area contributed by atoms with Crippen molar-refractivity contribution in [1.82, 2.24) is 20.5 Å². The first-order valence-electron chi connectivity index (χ1n) is 9.29. The fourth-order valence-electron chi connectivity index (χ4n) is 3.50. The van der Waals surface area contributed by atoms with E-state index in [1.807, 2.05) is 18.2 Å². The molecule has 4 rings (SSSR count). The average molecular weight is 396 g/mol. The number of hydrogen-bond acceptors (Lipinski definition) is 4. The van der Waals surface area contributed by atoms with Gasteiger partial charge in [-0.1, -0.05) is 60.6 Å². The van der Waals surface area contributed by atoms with Gasteiger partial charge in [0.2, 0.25) is 11.1 Å². The summed E-state index contributed by atoms with van der Waals surface area (Å²) in [7, 11) is 0. The van der Waals surface area contributed by atoms with Crippen molar-refractivity contribution >= 4 is 17.7 Å². The number of nitrogens with zero attached hydrogens (tertiary/aromatic N) is 2. The van der Waals surface area contributed by atoms with Crippen LogP contribution in [0.25, 0.3) is 11.4 Å². The minimum absolute atomic E-state index is 0.0514. The van der Waals surface area contributed by atoms with Crippen LogP contribution in [0.2, 0.25) is 0 Å². The Morgan fingerprint density at radius 1 is 1.14 bits per heavy atom. The Morgan fingerprint density at radius 3 is 2.61 bits per heavy atom. The van der Waals surface area contributed by atoms with Gasteiger partial charge in [-0.3, -0.25) is 9.89 Å². The van der Waals surface area contributed by atoms with Gasteiger partial charge in [0, 0.05) is 12.0 Å². The molecule has 0 bridgehead atoms. The number of thioether (sulfide) groups is 1. The van der Waals surface area contributed by atoms with E-state index in [1.54, 1.807) is 18.2 Å². The second-order valence-corrected chi connectivity index (χ2v) is 7.95. The summed E-state index contributed by atoms with van der Waals surface area (Å²) in [6.45, 7) is 0.644. The molecule has 1 aliphatic rings. The molecule has 1 amide bonds. The highest BCUT2D eigenvalue weighted by Crippen LogP contribution is 2.43. The number of aromatic nitrogens is 3. The Hall–Kier alpha value is -2.67. The van der Waals surface area contributed by atoms with Gasteiger partial charge < -0.3 is 5.32 Å². The van der Waals surface area contributed by atoms with Crippen LogP contribution in [-0.2, 0) is 10.2 Å². The Balaban J connectivity index is 1.31. The number of carbonyl (C=O) groups excluding carboxylic acids is 1. The molecule has 5 nitrogen and oxygen atoms in total. The highest BCUT2D eigenvalue weighted by Gasteiger charge is 2.38. The smallest absolute Gasteiger partial charge is 0.230 e. The van der Waals surface area contributed by atoms with Crippen LogP contribution in [-0.4, -0.2) is 33.4 Å². The van der Waals surface area contributed by atoms with Gasteiger partial charge in [-0.25, -0.2) is 9.37 Å². The topological polar surface area (TPSA) is 70.7 Å². The monoisotopic (exact) mass is 396 g/mol. The van der Waals surface area contributed by atoms with E-state index in [0.717, 1.165) is 12.8 Å². The molecule has 0 atom stereocenters. The lowest BCUT2D eigenvalue weighted by Gasteiger charge is -2.42. The summed E-state index contributed by atoms with van der Waals surface area (Å²) in [4.78, 5) is 16.6. The van der Waals surface area contributed by atoms with Gasteiger partial charge in [-0.15, -0.1) is 5.10 Å². The molecule has 3 aromatic rings. The van der Waals surface area contributed by atoms with Crippen molar-refractivity contribution in [2.24, 2.45) is 0 Å². The molecular formula is C21H21FN4OS. The molecule has 0 spiro atoms. The predicted molar refractivity (Wildman–Crippen MR) is 107 cm³/mol. The first kappa shape index (κ1) is 18.7. The van der Waals surface area contributed by atoms with E-state index < -0.39 is 0 Å². The second kappa shape index (κ2) is 8.14. The molecular weight excluding hydrogens is 375 g/mol. The summed E-state index contributed by atoms with van der Waals surface area (Å²) in [5, 5.41) is 10.3. The molecule has 0 radical (unpaired) electrons. The normalized spacial score (nSPS) is 15.0. The van der Waals surface area contributed by atoms with E-state index in [-0.39, 0.29) is 22.9 Å². The van der Waals surface area contributed by atoms with Crippen LogP contribution in [0, 0.1) is 5.82 Å². The van der Waals surface area contributed by atoms with Crippen molar-refractivity contribution in [2.75, 3.05) is 12.3 Å². The Morgan fingerprint density at radius 2 is 1.89 bits per heavy atom. The van der Waals surface area contributed by atoms with E-state index >= 15 is 0 Å². The lowest BCUT2D eigenvalue weighted by Crippen LogP contribution is -2.46. The lowest BCUT2D eigenvalue weighted by molar-refractivity contribution is -0.119. The van der Waals surface area contributed by atoms with Crippen LogP contribution >= 0.6 is 11.8 Å². The summed E-state index contributed by atoms with van der Waals surface area (Å²) in [5.74, 6) is 0.169. The number of hydrogen-bond donors (Lipinski definition) is 2. The van der Waals surface area contributed by atoms with Crippen molar-refractivity contribution in [3.8, 4) is 11.4 Å². The number of amides is 1. The highest BCUT2D eigenvalue weighted by molar-refractivity contribution is 7.99. The number of aromatic amines is 1. The van der Waals surface area contributed by atoms with Crippen LogP contribution in [0.5, 0.6) is 0 Å². The predicted octanol–water partition coefficient (Wildman–Crippen LogP) is 3.94. The molecule has 1 heterocycles. The Bertz CT molecular complexity index is 956. The van der Waals surface area contributed by atoms with E-state index in [4.69, 9.17) is 0 Å². The van der Waals surface area contributed by atoms with Crippen LogP contribution < -0.4 is 5.32 Å². The molecule has 1 aromatic heterocycles. The van der Waals surface area contributed by atoms with Crippen molar-refractivity contribution in [1.29, 1.82) is 0 Å². The Labute approximate surface area is 167 Å². The van der Waals surface area contributed by atoms with Gasteiger partial charge in [0.05, 0.1) is 11.3 Å². The molecule has 1 saturated carbocycles. The molecule has 28 heavy (non-hydrogen) atoms. The van der Waals surface area contributed by atoms with Crippen molar-refractivity contribution in [2.45, 2.75) is 29.8 Å². The largest absolute Gasteiger partial charge is 0.354 e. The summed E-state index contributed by atoms with van der Waals surface area (Å²) in [5.41, 5.74) is 1.71. The number of halogens is 1. The molecule has 2 N–H and O–H groups in total. The number of H-pyrrole nitrogens is 1. The minimum atomic E-state index is -0.361. The van der Waals surface area contributed by atoms with Crippen molar-refractivity contribution < 1.29 is 9.18 Å². The lowest BCUT2D eigenvalue weighted by atomic mass is 9.64. The first-order chi connectivity index (χ1) is 13.7. The number of nitrogens with one attached hydrogen (secondary N) is 2. The van der Waals surface area contributed by atoms with Gasteiger partial charge >= 0.3 is 0 Å². The van der Waals surface area contributed by atoms with Gasteiger partial charge in [0.25, 0.3) is 0 Å². The standard InChI is InChI=1S/C21H21FN4OS/c22-17-10-5-4-9-16(17)19-24-20(26-25-19)28-13-18(27)23-14-21(11-6-12-21)15-7-2-1-3-8-15/h1-5,7-10H,6,11-14H2,(H,23,27)(H,24,25,26). The second-order valence-electron chi connectivity index (χ2n) is 7.01. The molecule has 144 valence electrons. The third-order valence-corrected chi connectivity index (χ3v) is 6.09. The SMILES string of the molecule is O=C(CSc1n[nH]c(-c2ccccc2F)n1)NCC1(c2ccccc2)CCC1. The van der Waals surface area contributed by atoms with Crippen molar-refractivity contribution in [3.05, 3.63) is 66.0 Å². The number of benzene rings is 2. The third-order valence-electron chi connectivity index (χ3n) is 5.25. The molecule has 0 aliphatic heterocycles. The quantitative estimate of drug-likeness (QED) is 0.594. The summed E-state index contributed by atoms with van der Waals surface area (Å²) in [6.07, 6.45) is 3.38. The molecule has 0 saturated heterocycles. The van der Waals surface area contributed by atoms with E-state index in [1.165, 1.54) is 29.8 Å². The summed E-state index contributed by atoms with van der Waals surface area (Å²) in [6, 6.07) is 16.8. The Kier molecular flexibility index (Phi) is 5.43. The molecule has 2 aromatic carbocycles. The third kappa shape index (κ3) is 3.94. The highest BCUT2D eigenvalue weighted by atomic mass is 32.2. The molecule has 1 fully saturated rings. The zero-order valence-corrected chi connectivity index (χ0v) is 16.1. The summed E-state index contributed by atoms with van der Waals surface area (Å²) >= 11 is 1.23. The maximum atomic E-state index is 13.8. The van der Waals surface area contributed by atoms with Gasteiger partial charge in [0.1, 0.15) is 5.82 Å². The van der Waals surface area contributed by atoms with Gasteiger partial charge in [0.15, 0.2) is 5.82 Å².